The van der Waals surface area contributed by atoms with E-state index in [0.29, 0.717) is 0 Å². The van der Waals surface area contributed by atoms with Gasteiger partial charge in [0.2, 0.25) is 0 Å². The number of rotatable bonds is 4. The van der Waals surface area contributed by atoms with Crippen molar-refractivity contribution in [3.05, 3.63) is 33.9 Å². The number of phenols is 1. The summed E-state index contributed by atoms with van der Waals surface area (Å²) in [5.74, 6) is -0.676. The third kappa shape index (κ3) is 3.69. The molecule has 1 amide bonds. The molecule has 1 saturated heterocycles. The van der Waals surface area contributed by atoms with Gasteiger partial charge in [-0.15, -0.1) is 0 Å². The molecule has 114 valence electrons. The average molecular weight is 293 g/mol. The molecule has 7 nitrogen and oxygen atoms in total. The molecule has 1 aliphatic heterocycles. The van der Waals surface area contributed by atoms with Gasteiger partial charge in [0.1, 0.15) is 11.3 Å². The predicted octanol–water partition coefficient (Wildman–Crippen LogP) is 1.51. The van der Waals surface area contributed by atoms with Crippen LogP contribution in [0.5, 0.6) is 5.75 Å². The summed E-state index contributed by atoms with van der Waals surface area (Å²) >= 11 is 0. The van der Waals surface area contributed by atoms with Crippen molar-refractivity contribution in [3.8, 4) is 5.75 Å². The van der Waals surface area contributed by atoms with Crippen molar-refractivity contribution in [2.45, 2.75) is 25.8 Å². The summed E-state index contributed by atoms with van der Waals surface area (Å²) in [5, 5.41) is 23.2. The predicted molar refractivity (Wildman–Crippen MR) is 77.4 cm³/mol. The Labute approximate surface area is 122 Å². The van der Waals surface area contributed by atoms with Crippen LogP contribution < -0.4 is 5.32 Å². The lowest BCUT2D eigenvalue weighted by atomic mass is 10.0. The molecular formula is C14H19N3O4. The van der Waals surface area contributed by atoms with Gasteiger partial charge in [0.25, 0.3) is 11.6 Å². The van der Waals surface area contributed by atoms with Crippen LogP contribution in [-0.2, 0) is 0 Å². The highest BCUT2D eigenvalue weighted by atomic mass is 16.6. The minimum atomic E-state index is -0.617. The minimum absolute atomic E-state index is 0.0202. The Morgan fingerprint density at radius 1 is 1.57 bits per heavy atom. The molecule has 0 aliphatic carbocycles. The van der Waals surface area contributed by atoms with Gasteiger partial charge in [0.05, 0.1) is 4.92 Å². The number of nitro benzene ring substituents is 1. The molecule has 1 heterocycles. The summed E-state index contributed by atoms with van der Waals surface area (Å²) in [7, 11) is 0. The topological polar surface area (TPSA) is 95.7 Å². The van der Waals surface area contributed by atoms with Gasteiger partial charge in [-0.1, -0.05) is 6.92 Å². The maximum Gasteiger partial charge on any atom is 0.282 e. The van der Waals surface area contributed by atoms with E-state index in [1.54, 1.807) is 0 Å². The Kier molecular flexibility index (Phi) is 4.74. The van der Waals surface area contributed by atoms with Crippen molar-refractivity contribution in [1.82, 2.24) is 10.2 Å². The molecule has 1 fully saturated rings. The first-order valence-corrected chi connectivity index (χ1v) is 7.02. The van der Waals surface area contributed by atoms with Crippen LogP contribution >= 0.6 is 0 Å². The van der Waals surface area contributed by atoms with E-state index < -0.39 is 10.8 Å². The van der Waals surface area contributed by atoms with Crippen LogP contribution in [-0.4, -0.2) is 46.5 Å². The number of nitro groups is 1. The number of nitrogens with one attached hydrogen (secondary N) is 1. The van der Waals surface area contributed by atoms with Gasteiger partial charge in [-0.2, -0.15) is 0 Å². The summed E-state index contributed by atoms with van der Waals surface area (Å²) in [6, 6.07) is 3.46. The van der Waals surface area contributed by atoms with Crippen LogP contribution in [0.15, 0.2) is 18.2 Å². The van der Waals surface area contributed by atoms with E-state index in [-0.39, 0.29) is 23.0 Å². The maximum absolute atomic E-state index is 12.2. The van der Waals surface area contributed by atoms with E-state index in [2.05, 4.69) is 17.1 Å². The Morgan fingerprint density at radius 3 is 3.00 bits per heavy atom. The van der Waals surface area contributed by atoms with E-state index in [1.165, 1.54) is 6.07 Å². The monoisotopic (exact) mass is 293 g/mol. The number of nitrogens with zero attached hydrogens (tertiary/aromatic N) is 2. The first kappa shape index (κ1) is 15.2. The van der Waals surface area contributed by atoms with Crippen LogP contribution in [0.4, 0.5) is 5.69 Å². The van der Waals surface area contributed by atoms with E-state index in [4.69, 9.17) is 0 Å². The lowest BCUT2D eigenvalue weighted by molar-refractivity contribution is -0.385. The van der Waals surface area contributed by atoms with E-state index >= 15 is 0 Å². The number of hydrogen-bond donors (Lipinski definition) is 2. The highest BCUT2D eigenvalue weighted by molar-refractivity contribution is 5.98. The Bertz CT molecular complexity index is 547. The third-order valence-corrected chi connectivity index (χ3v) is 3.71. The minimum Gasteiger partial charge on any atom is -0.508 e. The molecule has 0 radical (unpaired) electrons. The number of aromatic hydroxyl groups is 1. The molecule has 2 N–H and O–H groups in total. The van der Waals surface area contributed by atoms with Crippen molar-refractivity contribution in [1.29, 1.82) is 0 Å². The highest BCUT2D eigenvalue weighted by Crippen LogP contribution is 2.23. The Hall–Kier alpha value is -2.15. The SMILES string of the molecule is CCN1CCCC(NC(=O)c2cc(O)ccc2[N+](=O)[O-])C1. The quantitative estimate of drug-likeness (QED) is 0.648. The first-order chi connectivity index (χ1) is 10.0. The number of benzene rings is 1. The van der Waals surface area contributed by atoms with Gasteiger partial charge in [-0.3, -0.25) is 14.9 Å². The number of hydrogen-bond acceptors (Lipinski definition) is 5. The molecule has 0 saturated carbocycles. The molecular weight excluding hydrogens is 274 g/mol. The van der Waals surface area contributed by atoms with Gasteiger partial charge in [-0.25, -0.2) is 0 Å². The molecule has 7 heteroatoms. The average Bonchev–Trinajstić information content (AvgIpc) is 2.47. The van der Waals surface area contributed by atoms with Crippen molar-refractivity contribution in [3.63, 3.8) is 0 Å². The van der Waals surface area contributed by atoms with Crippen LogP contribution in [0, 0.1) is 10.1 Å². The zero-order chi connectivity index (χ0) is 15.4. The van der Waals surface area contributed by atoms with Gasteiger partial charge < -0.3 is 15.3 Å². The van der Waals surface area contributed by atoms with Gasteiger partial charge in [0.15, 0.2) is 0 Å². The van der Waals surface area contributed by atoms with Gasteiger partial charge >= 0.3 is 0 Å². The Morgan fingerprint density at radius 2 is 2.33 bits per heavy atom. The summed E-state index contributed by atoms with van der Waals surface area (Å²) in [4.78, 5) is 24.8. The number of likely N-dealkylation sites (tertiary alicyclic amines) is 1. The summed E-state index contributed by atoms with van der Waals surface area (Å²) in [6.45, 7) is 4.73. The van der Waals surface area contributed by atoms with Crippen molar-refractivity contribution < 1.29 is 14.8 Å². The number of carbonyl (C=O) groups is 1. The van der Waals surface area contributed by atoms with E-state index in [1.807, 2.05) is 0 Å². The Balaban J connectivity index is 2.13. The smallest absolute Gasteiger partial charge is 0.282 e. The molecule has 1 aromatic carbocycles. The molecule has 1 unspecified atom stereocenters. The highest BCUT2D eigenvalue weighted by Gasteiger charge is 2.25. The lowest BCUT2D eigenvalue weighted by Gasteiger charge is -2.32. The molecule has 1 aliphatic rings. The number of phenolic OH excluding ortho intramolecular Hbond substituents is 1. The largest absolute Gasteiger partial charge is 0.508 e. The summed E-state index contributed by atoms with van der Waals surface area (Å²) in [6.07, 6.45) is 1.84. The number of carbonyl (C=O) groups excluding carboxylic acids is 1. The molecule has 0 spiro atoms. The van der Waals surface area contributed by atoms with Gasteiger partial charge in [0, 0.05) is 18.7 Å². The zero-order valence-corrected chi connectivity index (χ0v) is 11.9. The lowest BCUT2D eigenvalue weighted by Crippen LogP contribution is -2.47. The standard InChI is InChI=1S/C14H19N3O4/c1-2-16-7-3-4-10(9-16)15-14(19)12-8-11(18)5-6-13(12)17(20)21/h5-6,8,10,18H,2-4,7,9H2,1H3,(H,15,19). The molecule has 1 atom stereocenters. The fraction of sp³-hybridized carbons (Fsp3) is 0.500. The fourth-order valence-corrected chi connectivity index (χ4v) is 2.59. The molecule has 2 rings (SSSR count). The molecule has 1 aromatic rings. The van der Waals surface area contributed by atoms with Crippen LogP contribution in [0.25, 0.3) is 0 Å². The van der Waals surface area contributed by atoms with Gasteiger partial charge in [-0.05, 0) is 38.1 Å². The summed E-state index contributed by atoms with van der Waals surface area (Å²) < 4.78 is 0. The number of piperidine rings is 1. The maximum atomic E-state index is 12.2. The second kappa shape index (κ2) is 6.53. The second-order valence-corrected chi connectivity index (χ2v) is 5.16. The first-order valence-electron chi connectivity index (χ1n) is 7.02. The van der Waals surface area contributed by atoms with E-state index in [9.17, 15) is 20.0 Å². The molecule has 21 heavy (non-hydrogen) atoms. The third-order valence-electron chi connectivity index (χ3n) is 3.71. The molecule has 0 bridgehead atoms. The fourth-order valence-electron chi connectivity index (χ4n) is 2.59. The molecule has 0 aromatic heterocycles. The van der Waals surface area contributed by atoms with Crippen LogP contribution in [0.3, 0.4) is 0 Å². The van der Waals surface area contributed by atoms with E-state index in [0.717, 1.165) is 44.6 Å². The number of amides is 1. The van der Waals surface area contributed by atoms with Crippen molar-refractivity contribution in [2.75, 3.05) is 19.6 Å². The zero-order valence-electron chi connectivity index (χ0n) is 11.9. The number of likely N-dealkylation sites (N-methyl/N-ethyl adjacent to an activating group) is 1. The van der Waals surface area contributed by atoms with Crippen LogP contribution in [0.2, 0.25) is 0 Å². The van der Waals surface area contributed by atoms with Crippen molar-refractivity contribution in [2.24, 2.45) is 0 Å². The summed E-state index contributed by atoms with van der Waals surface area (Å²) in [5.41, 5.74) is -0.401. The second-order valence-electron chi connectivity index (χ2n) is 5.16. The normalized spacial score (nSPS) is 19.2. The van der Waals surface area contributed by atoms with Crippen LogP contribution in [0.1, 0.15) is 30.1 Å². The van der Waals surface area contributed by atoms with Crippen molar-refractivity contribution >= 4 is 11.6 Å².